The average molecular weight is 415 g/mol. The van der Waals surface area contributed by atoms with E-state index in [4.69, 9.17) is 4.52 Å². The smallest absolute Gasteiger partial charge is 0.339 e. The van der Waals surface area contributed by atoms with Crippen LogP contribution in [-0.2, 0) is 23.9 Å². The lowest BCUT2D eigenvalue weighted by atomic mass is 10.1. The number of rotatable bonds is 5. The second kappa shape index (κ2) is 7.93. The highest BCUT2D eigenvalue weighted by atomic mass is 19.4. The molecule has 1 amide bonds. The standard InChI is InChI=1S/C22H20F3N3O2/c1-2-14-3-5-15(6-4-14)12-28-13-17(11-19(28)29)21-26-20(27-30-21)16-7-9-18(10-8-16)22(23,24)25/h3-10,17H,2,11-13H2,1H3. The van der Waals surface area contributed by atoms with Gasteiger partial charge >= 0.3 is 6.18 Å². The molecule has 8 heteroatoms. The maximum absolute atomic E-state index is 12.7. The molecule has 30 heavy (non-hydrogen) atoms. The molecule has 0 radical (unpaired) electrons. The van der Waals surface area contributed by atoms with E-state index in [-0.39, 0.29) is 24.1 Å². The average Bonchev–Trinajstić information content (AvgIpc) is 3.35. The molecule has 0 N–H and O–H groups in total. The molecule has 0 saturated carbocycles. The highest BCUT2D eigenvalue weighted by Crippen LogP contribution is 2.32. The number of benzene rings is 2. The first kappa shape index (κ1) is 20.1. The Hall–Kier alpha value is -3.16. The number of carbonyl (C=O) groups is 1. The Morgan fingerprint density at radius 1 is 1.07 bits per heavy atom. The summed E-state index contributed by atoms with van der Waals surface area (Å²) in [6, 6.07) is 12.7. The summed E-state index contributed by atoms with van der Waals surface area (Å²) in [5.41, 5.74) is 1.98. The number of likely N-dealkylation sites (tertiary alicyclic amines) is 1. The van der Waals surface area contributed by atoms with E-state index in [1.165, 1.54) is 17.7 Å². The van der Waals surface area contributed by atoms with Crippen molar-refractivity contribution in [3.8, 4) is 11.4 Å². The molecule has 0 aliphatic carbocycles. The molecule has 4 rings (SSSR count). The monoisotopic (exact) mass is 415 g/mol. The first-order valence-electron chi connectivity index (χ1n) is 9.70. The van der Waals surface area contributed by atoms with Crippen molar-refractivity contribution in [1.82, 2.24) is 15.0 Å². The van der Waals surface area contributed by atoms with Crippen LogP contribution in [0.15, 0.2) is 53.1 Å². The fraction of sp³-hybridized carbons (Fsp3) is 0.318. The zero-order valence-corrected chi connectivity index (χ0v) is 16.3. The zero-order valence-electron chi connectivity index (χ0n) is 16.3. The van der Waals surface area contributed by atoms with Crippen LogP contribution in [0.3, 0.4) is 0 Å². The molecule has 1 fully saturated rings. The lowest BCUT2D eigenvalue weighted by Crippen LogP contribution is -2.24. The van der Waals surface area contributed by atoms with Crippen LogP contribution in [-0.4, -0.2) is 27.5 Å². The lowest BCUT2D eigenvalue weighted by molar-refractivity contribution is -0.137. The summed E-state index contributed by atoms with van der Waals surface area (Å²) in [5, 5.41) is 3.88. The van der Waals surface area contributed by atoms with Gasteiger partial charge in [-0.3, -0.25) is 4.79 Å². The van der Waals surface area contributed by atoms with Crippen molar-refractivity contribution in [1.29, 1.82) is 0 Å². The number of carbonyl (C=O) groups excluding carboxylic acids is 1. The fourth-order valence-electron chi connectivity index (χ4n) is 3.52. The predicted octanol–water partition coefficient (Wildman–Crippen LogP) is 4.83. The molecular weight excluding hydrogens is 395 g/mol. The van der Waals surface area contributed by atoms with Crippen molar-refractivity contribution in [3.63, 3.8) is 0 Å². The second-order valence-corrected chi connectivity index (χ2v) is 7.38. The van der Waals surface area contributed by atoms with Gasteiger partial charge in [-0.15, -0.1) is 0 Å². The highest BCUT2D eigenvalue weighted by Gasteiger charge is 2.34. The Morgan fingerprint density at radius 3 is 2.37 bits per heavy atom. The zero-order chi connectivity index (χ0) is 21.3. The van der Waals surface area contributed by atoms with E-state index >= 15 is 0 Å². The first-order chi connectivity index (χ1) is 14.3. The van der Waals surface area contributed by atoms with Crippen molar-refractivity contribution in [2.24, 2.45) is 0 Å². The van der Waals surface area contributed by atoms with E-state index in [0.29, 0.717) is 24.5 Å². The normalized spacial score (nSPS) is 17.0. The number of amides is 1. The van der Waals surface area contributed by atoms with E-state index < -0.39 is 11.7 Å². The largest absolute Gasteiger partial charge is 0.416 e. The Bertz CT molecular complexity index is 1030. The van der Waals surface area contributed by atoms with E-state index in [2.05, 4.69) is 29.2 Å². The number of hydrogen-bond acceptors (Lipinski definition) is 4. The number of hydrogen-bond donors (Lipinski definition) is 0. The molecule has 1 aliphatic heterocycles. The molecule has 1 atom stereocenters. The van der Waals surface area contributed by atoms with Crippen LogP contribution >= 0.6 is 0 Å². The number of aryl methyl sites for hydroxylation is 1. The number of nitrogens with zero attached hydrogens (tertiary/aromatic N) is 3. The lowest BCUT2D eigenvalue weighted by Gasteiger charge is -2.16. The third-order valence-corrected chi connectivity index (χ3v) is 5.28. The highest BCUT2D eigenvalue weighted by molar-refractivity contribution is 5.79. The van der Waals surface area contributed by atoms with Crippen molar-refractivity contribution < 1.29 is 22.5 Å². The van der Waals surface area contributed by atoms with E-state index in [9.17, 15) is 18.0 Å². The van der Waals surface area contributed by atoms with E-state index in [1.54, 1.807) is 4.90 Å². The third kappa shape index (κ3) is 4.22. The minimum atomic E-state index is -4.40. The second-order valence-electron chi connectivity index (χ2n) is 7.38. The molecule has 5 nitrogen and oxygen atoms in total. The van der Waals surface area contributed by atoms with Gasteiger partial charge in [0.2, 0.25) is 17.6 Å². The van der Waals surface area contributed by atoms with Crippen molar-refractivity contribution in [2.75, 3.05) is 6.54 Å². The van der Waals surface area contributed by atoms with Crippen molar-refractivity contribution in [3.05, 3.63) is 71.1 Å². The SMILES string of the molecule is CCc1ccc(CN2CC(c3nc(-c4ccc(C(F)(F)F)cc4)no3)CC2=O)cc1. The molecule has 0 bridgehead atoms. The maximum atomic E-state index is 12.7. The van der Waals surface area contributed by atoms with Gasteiger partial charge in [-0.25, -0.2) is 0 Å². The van der Waals surface area contributed by atoms with Crippen LogP contribution < -0.4 is 0 Å². The molecular formula is C22H20F3N3O2. The molecule has 1 aromatic heterocycles. The summed E-state index contributed by atoms with van der Waals surface area (Å²) in [4.78, 5) is 18.5. The fourth-order valence-corrected chi connectivity index (χ4v) is 3.52. The summed E-state index contributed by atoms with van der Waals surface area (Å²) in [7, 11) is 0. The summed E-state index contributed by atoms with van der Waals surface area (Å²) in [6.07, 6.45) is -3.17. The Kier molecular flexibility index (Phi) is 5.32. The molecule has 0 spiro atoms. The topological polar surface area (TPSA) is 59.2 Å². The van der Waals surface area contributed by atoms with Gasteiger partial charge in [0.05, 0.1) is 11.5 Å². The maximum Gasteiger partial charge on any atom is 0.416 e. The van der Waals surface area contributed by atoms with Crippen LogP contribution in [0.5, 0.6) is 0 Å². The summed E-state index contributed by atoms with van der Waals surface area (Å²) < 4.78 is 43.5. The Labute approximate surface area is 171 Å². The van der Waals surface area contributed by atoms with Gasteiger partial charge in [-0.1, -0.05) is 48.5 Å². The van der Waals surface area contributed by atoms with Gasteiger partial charge in [0.25, 0.3) is 0 Å². The van der Waals surface area contributed by atoms with E-state index in [1.807, 2.05) is 12.1 Å². The minimum Gasteiger partial charge on any atom is -0.339 e. The van der Waals surface area contributed by atoms with Crippen LogP contribution in [0.2, 0.25) is 0 Å². The molecule has 2 aromatic carbocycles. The molecule has 156 valence electrons. The van der Waals surface area contributed by atoms with Gasteiger partial charge < -0.3 is 9.42 Å². The molecule has 3 aromatic rings. The Morgan fingerprint density at radius 2 is 1.73 bits per heavy atom. The molecule has 2 heterocycles. The van der Waals surface area contributed by atoms with Crippen molar-refractivity contribution >= 4 is 5.91 Å². The first-order valence-corrected chi connectivity index (χ1v) is 9.70. The number of halogens is 3. The number of alkyl halides is 3. The Balaban J connectivity index is 1.44. The van der Waals surface area contributed by atoms with Crippen LogP contribution in [0.4, 0.5) is 13.2 Å². The van der Waals surface area contributed by atoms with Gasteiger partial charge in [0, 0.05) is 25.1 Å². The summed E-state index contributed by atoms with van der Waals surface area (Å²) in [6.45, 7) is 3.06. The minimum absolute atomic E-state index is 0.00819. The van der Waals surface area contributed by atoms with Gasteiger partial charge in [0.15, 0.2) is 0 Å². The van der Waals surface area contributed by atoms with Crippen LogP contribution in [0.1, 0.15) is 41.8 Å². The molecule has 1 saturated heterocycles. The van der Waals surface area contributed by atoms with Gasteiger partial charge in [-0.2, -0.15) is 18.2 Å². The summed E-state index contributed by atoms with van der Waals surface area (Å²) >= 11 is 0. The van der Waals surface area contributed by atoms with Gasteiger partial charge in [0.1, 0.15) is 0 Å². The molecule has 1 aliphatic rings. The van der Waals surface area contributed by atoms with Crippen LogP contribution in [0, 0.1) is 0 Å². The summed E-state index contributed by atoms with van der Waals surface area (Å²) in [5.74, 6) is 0.304. The van der Waals surface area contributed by atoms with Crippen molar-refractivity contribution in [2.45, 2.75) is 38.4 Å². The molecule has 1 unspecified atom stereocenters. The predicted molar refractivity (Wildman–Crippen MR) is 103 cm³/mol. The van der Waals surface area contributed by atoms with E-state index in [0.717, 1.165) is 24.1 Å². The number of aromatic nitrogens is 2. The van der Waals surface area contributed by atoms with Crippen LogP contribution in [0.25, 0.3) is 11.4 Å². The third-order valence-electron chi connectivity index (χ3n) is 5.28. The van der Waals surface area contributed by atoms with Gasteiger partial charge in [-0.05, 0) is 29.7 Å². The quantitative estimate of drug-likeness (QED) is 0.599.